The number of aromatic nitrogens is 1. The van der Waals surface area contributed by atoms with Gasteiger partial charge in [-0.2, -0.15) is 13.2 Å². The molecule has 2 atom stereocenters. The number of nitrogens with zero attached hydrogens (tertiary/aromatic N) is 1. The van der Waals surface area contributed by atoms with Gasteiger partial charge in [-0.15, -0.1) is 0 Å². The Labute approximate surface area is 132 Å². The third-order valence-corrected chi connectivity index (χ3v) is 4.70. The minimum Gasteiger partial charge on any atom is -0.360 e. The molecule has 1 aromatic carbocycles. The van der Waals surface area contributed by atoms with Crippen LogP contribution in [0.25, 0.3) is 10.9 Å². The van der Waals surface area contributed by atoms with E-state index in [0.29, 0.717) is 18.5 Å². The van der Waals surface area contributed by atoms with Gasteiger partial charge in [-0.1, -0.05) is 18.2 Å². The van der Waals surface area contributed by atoms with Gasteiger partial charge in [0.15, 0.2) is 5.78 Å². The Morgan fingerprint density at radius 3 is 2.83 bits per heavy atom. The van der Waals surface area contributed by atoms with Crippen LogP contribution in [0.4, 0.5) is 13.2 Å². The second-order valence-electron chi connectivity index (χ2n) is 6.16. The number of piperidine rings is 1. The monoisotopic (exact) mass is 324 g/mol. The molecule has 1 aliphatic rings. The van der Waals surface area contributed by atoms with Gasteiger partial charge in [0.25, 0.3) is 0 Å². The summed E-state index contributed by atoms with van der Waals surface area (Å²) >= 11 is 0. The molecule has 0 amide bonds. The van der Waals surface area contributed by atoms with Crippen LogP contribution in [0.3, 0.4) is 0 Å². The van der Waals surface area contributed by atoms with Crippen LogP contribution in [0.1, 0.15) is 30.1 Å². The number of alkyl halides is 3. The molecule has 0 aliphatic carbocycles. The minimum absolute atomic E-state index is 0.0985. The van der Waals surface area contributed by atoms with Crippen LogP contribution >= 0.6 is 0 Å². The van der Waals surface area contributed by atoms with E-state index in [1.54, 1.807) is 18.0 Å². The molecule has 6 heteroatoms. The molecule has 3 rings (SSSR count). The number of nitrogens with one attached hydrogen (secondary N) is 1. The van der Waals surface area contributed by atoms with Gasteiger partial charge in [0.1, 0.15) is 0 Å². The predicted octanol–water partition coefficient (Wildman–Crippen LogP) is 4.01. The van der Waals surface area contributed by atoms with Crippen molar-refractivity contribution in [2.24, 2.45) is 5.92 Å². The summed E-state index contributed by atoms with van der Waals surface area (Å²) < 4.78 is 38.8. The third kappa shape index (κ3) is 3.13. The quantitative estimate of drug-likeness (QED) is 0.866. The van der Waals surface area contributed by atoms with Crippen molar-refractivity contribution in [1.82, 2.24) is 9.88 Å². The van der Waals surface area contributed by atoms with E-state index in [4.69, 9.17) is 0 Å². The highest BCUT2D eigenvalue weighted by molar-refractivity contribution is 6.10. The fourth-order valence-electron chi connectivity index (χ4n) is 3.29. The zero-order valence-electron chi connectivity index (χ0n) is 12.9. The number of likely N-dealkylation sites (tertiary alicyclic amines) is 1. The van der Waals surface area contributed by atoms with E-state index in [2.05, 4.69) is 4.98 Å². The summed E-state index contributed by atoms with van der Waals surface area (Å²) in [5.74, 6) is -1.47. The molecular formula is C17H19F3N2O. The van der Waals surface area contributed by atoms with Crippen molar-refractivity contribution in [3.05, 3.63) is 36.0 Å². The molecule has 2 heterocycles. The Morgan fingerprint density at radius 2 is 2.09 bits per heavy atom. The van der Waals surface area contributed by atoms with E-state index in [0.717, 1.165) is 10.9 Å². The number of aromatic amines is 1. The van der Waals surface area contributed by atoms with E-state index in [1.807, 2.05) is 24.3 Å². The predicted molar refractivity (Wildman–Crippen MR) is 82.4 cm³/mol. The van der Waals surface area contributed by atoms with Crippen molar-refractivity contribution in [2.75, 3.05) is 13.1 Å². The van der Waals surface area contributed by atoms with Gasteiger partial charge in [-0.25, -0.2) is 0 Å². The molecule has 0 spiro atoms. The smallest absolute Gasteiger partial charge is 0.360 e. The normalized spacial score (nSPS) is 21.5. The first-order chi connectivity index (χ1) is 10.9. The van der Waals surface area contributed by atoms with Gasteiger partial charge in [0, 0.05) is 29.2 Å². The second kappa shape index (κ2) is 6.00. The Morgan fingerprint density at radius 1 is 1.35 bits per heavy atom. The summed E-state index contributed by atoms with van der Waals surface area (Å²) in [5, 5.41) is 0.814. The molecule has 0 bridgehead atoms. The summed E-state index contributed by atoms with van der Waals surface area (Å²) in [6, 6.07) is 6.88. The van der Waals surface area contributed by atoms with Crippen molar-refractivity contribution in [3.8, 4) is 0 Å². The van der Waals surface area contributed by atoms with Crippen LogP contribution in [-0.2, 0) is 0 Å². The zero-order chi connectivity index (χ0) is 16.6. The van der Waals surface area contributed by atoms with Crippen LogP contribution in [0.15, 0.2) is 30.5 Å². The summed E-state index contributed by atoms with van der Waals surface area (Å²) in [6.07, 6.45) is -1.93. The van der Waals surface area contributed by atoms with Crippen LogP contribution < -0.4 is 0 Å². The molecule has 1 aromatic heterocycles. The molecule has 0 saturated carbocycles. The number of hydrogen-bond donors (Lipinski definition) is 1. The Hall–Kier alpha value is -1.82. The van der Waals surface area contributed by atoms with Gasteiger partial charge in [0.05, 0.1) is 12.0 Å². The largest absolute Gasteiger partial charge is 0.393 e. The van der Waals surface area contributed by atoms with Gasteiger partial charge in [-0.05, 0) is 32.4 Å². The second-order valence-corrected chi connectivity index (χ2v) is 6.16. The fourth-order valence-corrected chi connectivity index (χ4v) is 3.29. The number of carbonyl (C=O) groups is 1. The minimum atomic E-state index is -4.19. The van der Waals surface area contributed by atoms with Crippen LogP contribution in [0.2, 0.25) is 0 Å². The van der Waals surface area contributed by atoms with Crippen molar-refractivity contribution in [3.63, 3.8) is 0 Å². The molecule has 3 nitrogen and oxygen atoms in total. The molecule has 0 unspecified atom stereocenters. The van der Waals surface area contributed by atoms with Crippen LogP contribution in [0.5, 0.6) is 0 Å². The number of carbonyl (C=O) groups excluding carboxylic acids is 1. The summed E-state index contributed by atoms with van der Waals surface area (Å²) in [7, 11) is 0. The number of ketones is 1. The lowest BCUT2D eigenvalue weighted by Crippen LogP contribution is -2.48. The molecule has 124 valence electrons. The Balaban J connectivity index is 1.79. The number of hydrogen-bond acceptors (Lipinski definition) is 2. The third-order valence-electron chi connectivity index (χ3n) is 4.70. The van der Waals surface area contributed by atoms with Crippen LogP contribution in [0, 0.1) is 5.92 Å². The molecule has 1 fully saturated rings. The molecule has 1 N–H and O–H groups in total. The van der Waals surface area contributed by atoms with E-state index in [9.17, 15) is 18.0 Å². The van der Waals surface area contributed by atoms with Crippen molar-refractivity contribution < 1.29 is 18.0 Å². The molecule has 23 heavy (non-hydrogen) atoms. The van der Waals surface area contributed by atoms with Gasteiger partial charge < -0.3 is 4.98 Å². The molecule has 2 aromatic rings. The first-order valence-corrected chi connectivity index (χ1v) is 7.79. The molecule has 0 radical (unpaired) electrons. The number of rotatable bonds is 3. The average molecular weight is 324 g/mol. The molecule has 1 aliphatic heterocycles. The van der Waals surface area contributed by atoms with Crippen molar-refractivity contribution in [1.29, 1.82) is 0 Å². The maximum absolute atomic E-state index is 12.9. The fraction of sp³-hybridized carbons (Fsp3) is 0.471. The van der Waals surface area contributed by atoms with Crippen molar-refractivity contribution in [2.45, 2.75) is 32.0 Å². The highest BCUT2D eigenvalue weighted by atomic mass is 19.4. The SMILES string of the molecule is C[C@@H](C(=O)c1c[nH]c2ccccc12)N1CCC[C@@H](C(F)(F)F)C1. The van der Waals surface area contributed by atoms with Crippen LogP contribution in [-0.4, -0.2) is 41.0 Å². The number of H-pyrrole nitrogens is 1. The number of halogens is 3. The summed E-state index contributed by atoms with van der Waals surface area (Å²) in [6.45, 7) is 2.13. The number of benzene rings is 1. The highest BCUT2D eigenvalue weighted by Crippen LogP contribution is 2.34. The highest BCUT2D eigenvalue weighted by Gasteiger charge is 2.43. The first kappa shape index (κ1) is 16.1. The maximum atomic E-state index is 12.9. The topological polar surface area (TPSA) is 36.1 Å². The lowest BCUT2D eigenvalue weighted by Gasteiger charge is -2.36. The van der Waals surface area contributed by atoms with Gasteiger partial charge >= 0.3 is 6.18 Å². The lowest BCUT2D eigenvalue weighted by atomic mass is 9.94. The number of Topliss-reactive ketones (excluding diaryl/α,β-unsaturated/α-hetero) is 1. The van der Waals surface area contributed by atoms with Gasteiger partial charge in [0.2, 0.25) is 0 Å². The van der Waals surface area contributed by atoms with E-state index < -0.39 is 18.1 Å². The Bertz CT molecular complexity index is 707. The van der Waals surface area contributed by atoms with E-state index >= 15 is 0 Å². The Kier molecular flexibility index (Phi) is 4.19. The number of fused-ring (bicyclic) bond motifs is 1. The average Bonchev–Trinajstić information content (AvgIpc) is 2.97. The summed E-state index contributed by atoms with van der Waals surface area (Å²) in [5.41, 5.74) is 1.40. The van der Waals surface area contributed by atoms with Crippen molar-refractivity contribution >= 4 is 16.7 Å². The van der Waals surface area contributed by atoms with Gasteiger partial charge in [-0.3, -0.25) is 9.69 Å². The van der Waals surface area contributed by atoms with E-state index in [-0.39, 0.29) is 18.7 Å². The summed E-state index contributed by atoms with van der Waals surface area (Å²) in [4.78, 5) is 17.4. The van der Waals surface area contributed by atoms with E-state index in [1.165, 1.54) is 0 Å². The lowest BCUT2D eigenvalue weighted by molar-refractivity contribution is -0.187. The first-order valence-electron chi connectivity index (χ1n) is 7.79. The zero-order valence-corrected chi connectivity index (χ0v) is 12.9. The maximum Gasteiger partial charge on any atom is 0.393 e. The number of para-hydroxylation sites is 1. The molecular weight excluding hydrogens is 305 g/mol. The standard InChI is InChI=1S/C17H19F3N2O/c1-11(22-8-4-5-12(10-22)17(18,19)20)16(23)14-9-21-15-7-3-2-6-13(14)15/h2-3,6-7,9,11-12,21H,4-5,8,10H2,1H3/t11-,12+/m0/s1. The molecule has 1 saturated heterocycles.